The normalized spacial score (nSPS) is 15.6. The summed E-state index contributed by atoms with van der Waals surface area (Å²) in [5.74, 6) is -0.620. The van der Waals surface area contributed by atoms with Crippen LogP contribution in [0.15, 0.2) is 53.6 Å². The Morgan fingerprint density at radius 2 is 1.90 bits per heavy atom. The number of carbonyl (C=O) groups is 1. The van der Waals surface area contributed by atoms with E-state index in [4.69, 9.17) is 0 Å². The van der Waals surface area contributed by atoms with Crippen LogP contribution in [0.3, 0.4) is 0 Å². The van der Waals surface area contributed by atoms with Crippen LogP contribution in [0, 0.1) is 5.82 Å². The Balaban J connectivity index is 1.49. The van der Waals surface area contributed by atoms with Gasteiger partial charge < -0.3 is 4.90 Å². The van der Waals surface area contributed by atoms with E-state index in [1.54, 1.807) is 11.1 Å². The van der Waals surface area contributed by atoms with E-state index >= 15 is 0 Å². The number of rotatable bonds is 7. The Kier molecular flexibility index (Phi) is 6.94. The average molecular weight is 421 g/mol. The van der Waals surface area contributed by atoms with Gasteiger partial charge in [-0.15, -0.1) is 0 Å². The van der Waals surface area contributed by atoms with Gasteiger partial charge in [0.1, 0.15) is 5.82 Å². The summed E-state index contributed by atoms with van der Waals surface area (Å²) in [7, 11) is -1.88. The van der Waals surface area contributed by atoms with Gasteiger partial charge in [0.15, 0.2) is 0 Å². The highest BCUT2D eigenvalue weighted by Gasteiger charge is 2.30. The molecule has 1 amide bonds. The Hall–Kier alpha value is -2.36. The van der Waals surface area contributed by atoms with E-state index in [2.05, 4.69) is 4.98 Å². The number of amides is 1. The molecule has 1 aliphatic heterocycles. The molecule has 156 valence electrons. The molecule has 0 bridgehead atoms. The summed E-state index contributed by atoms with van der Waals surface area (Å²) in [6.07, 6.45) is 2.50. The molecule has 0 saturated carbocycles. The summed E-state index contributed by atoms with van der Waals surface area (Å²) in [5, 5.41) is 0. The number of hydrogen-bond donors (Lipinski definition) is 0. The molecule has 7 nitrogen and oxygen atoms in total. The van der Waals surface area contributed by atoms with E-state index < -0.39 is 15.8 Å². The van der Waals surface area contributed by atoms with Gasteiger partial charge in [0.25, 0.3) is 0 Å². The van der Waals surface area contributed by atoms with Crippen molar-refractivity contribution in [1.29, 1.82) is 0 Å². The minimum Gasteiger partial charge on any atom is -0.339 e. The van der Waals surface area contributed by atoms with Crippen molar-refractivity contribution >= 4 is 15.9 Å². The Bertz CT molecular complexity index is 932. The lowest BCUT2D eigenvalue weighted by Crippen LogP contribution is -2.52. The van der Waals surface area contributed by atoms with Gasteiger partial charge in [-0.05, 0) is 37.4 Å². The quantitative estimate of drug-likeness (QED) is 0.674. The van der Waals surface area contributed by atoms with Crippen LogP contribution in [0.1, 0.15) is 5.69 Å². The van der Waals surface area contributed by atoms with Crippen LogP contribution in [0.4, 0.5) is 4.39 Å². The summed E-state index contributed by atoms with van der Waals surface area (Å²) in [6.45, 7) is 2.01. The maximum atomic E-state index is 13.4. The molecule has 9 heteroatoms. The second-order valence-electron chi connectivity index (χ2n) is 7.05. The molecule has 2 heterocycles. The molecule has 0 spiro atoms. The summed E-state index contributed by atoms with van der Waals surface area (Å²) >= 11 is 0. The van der Waals surface area contributed by atoms with Gasteiger partial charge in [0, 0.05) is 51.0 Å². The van der Waals surface area contributed by atoms with Crippen LogP contribution < -0.4 is 0 Å². The van der Waals surface area contributed by atoms with Gasteiger partial charge in [-0.2, -0.15) is 4.31 Å². The first kappa shape index (κ1) is 21.4. The number of likely N-dealkylation sites (N-methyl/N-ethyl adjacent to an activating group) is 1. The molecule has 1 saturated heterocycles. The molecule has 1 fully saturated rings. The Morgan fingerprint density at radius 3 is 2.55 bits per heavy atom. The van der Waals surface area contributed by atoms with Crippen LogP contribution in [0.25, 0.3) is 0 Å². The van der Waals surface area contributed by atoms with Crippen molar-refractivity contribution in [2.45, 2.75) is 11.3 Å². The molecule has 1 aliphatic rings. The summed E-state index contributed by atoms with van der Waals surface area (Å²) < 4.78 is 40.0. The van der Waals surface area contributed by atoms with Gasteiger partial charge in [-0.25, -0.2) is 12.8 Å². The van der Waals surface area contributed by atoms with Crippen LogP contribution in [0.5, 0.6) is 0 Å². The number of sulfonamides is 1. The molecular weight excluding hydrogens is 395 g/mol. The lowest BCUT2D eigenvalue weighted by molar-refractivity contribution is -0.133. The number of nitrogens with zero attached hydrogens (tertiary/aromatic N) is 4. The lowest BCUT2D eigenvalue weighted by atomic mass is 10.2. The molecule has 0 radical (unpaired) electrons. The summed E-state index contributed by atoms with van der Waals surface area (Å²) in [4.78, 5) is 20.4. The first-order valence-corrected chi connectivity index (χ1v) is 10.9. The van der Waals surface area contributed by atoms with Crippen molar-refractivity contribution in [1.82, 2.24) is 19.1 Å². The highest BCUT2D eigenvalue weighted by Crippen LogP contribution is 2.18. The fraction of sp³-hybridized carbons (Fsp3) is 0.400. The maximum absolute atomic E-state index is 13.4. The van der Waals surface area contributed by atoms with E-state index in [-0.39, 0.29) is 30.4 Å². The number of benzene rings is 1. The minimum atomic E-state index is -3.76. The zero-order valence-corrected chi connectivity index (χ0v) is 17.2. The second kappa shape index (κ2) is 9.43. The van der Waals surface area contributed by atoms with Crippen molar-refractivity contribution in [3.8, 4) is 0 Å². The van der Waals surface area contributed by atoms with Crippen LogP contribution in [0.2, 0.25) is 0 Å². The monoisotopic (exact) mass is 420 g/mol. The Morgan fingerprint density at radius 1 is 1.14 bits per heavy atom. The van der Waals surface area contributed by atoms with Crippen LogP contribution in [-0.4, -0.2) is 79.7 Å². The van der Waals surface area contributed by atoms with Crippen molar-refractivity contribution in [3.63, 3.8) is 0 Å². The van der Waals surface area contributed by atoms with Gasteiger partial charge in [-0.1, -0.05) is 12.1 Å². The predicted octanol–water partition coefficient (Wildman–Crippen LogP) is 1.23. The molecule has 2 aromatic rings. The van der Waals surface area contributed by atoms with E-state index in [0.717, 1.165) is 18.2 Å². The number of aromatic nitrogens is 1. The maximum Gasteiger partial charge on any atom is 0.243 e. The van der Waals surface area contributed by atoms with Crippen LogP contribution in [-0.2, 0) is 21.2 Å². The second-order valence-corrected chi connectivity index (χ2v) is 8.99. The smallest absolute Gasteiger partial charge is 0.243 e. The number of pyridine rings is 1. The predicted molar refractivity (Wildman–Crippen MR) is 107 cm³/mol. The van der Waals surface area contributed by atoms with Gasteiger partial charge >= 0.3 is 0 Å². The number of hydrogen-bond acceptors (Lipinski definition) is 5. The fourth-order valence-corrected chi connectivity index (χ4v) is 4.67. The largest absolute Gasteiger partial charge is 0.339 e. The lowest BCUT2D eigenvalue weighted by Gasteiger charge is -2.34. The van der Waals surface area contributed by atoms with E-state index in [1.807, 2.05) is 30.1 Å². The van der Waals surface area contributed by atoms with E-state index in [1.165, 1.54) is 22.5 Å². The van der Waals surface area contributed by atoms with Crippen molar-refractivity contribution in [3.05, 3.63) is 60.2 Å². The molecule has 1 aromatic heterocycles. The third-order valence-electron chi connectivity index (χ3n) is 4.91. The minimum absolute atomic E-state index is 0.0312. The molecular formula is C20H25FN4O3S. The number of piperazine rings is 1. The highest BCUT2D eigenvalue weighted by molar-refractivity contribution is 7.89. The highest BCUT2D eigenvalue weighted by atomic mass is 32.2. The van der Waals surface area contributed by atoms with Crippen molar-refractivity contribution in [2.75, 3.05) is 46.3 Å². The van der Waals surface area contributed by atoms with Gasteiger partial charge in [0.2, 0.25) is 15.9 Å². The standard InChI is InChI=1S/C20H25FN4O3S/c1-23(10-8-18-6-2-3-9-22-18)16-20(26)24-11-13-25(14-12-24)29(27,28)19-7-4-5-17(21)15-19/h2-7,9,15H,8,10-14,16H2,1H3. The molecule has 0 atom stereocenters. The van der Waals surface area contributed by atoms with Gasteiger partial charge in [-0.3, -0.25) is 14.7 Å². The number of carbonyl (C=O) groups excluding carboxylic acids is 1. The number of halogens is 1. The summed E-state index contributed by atoms with van der Waals surface area (Å²) in [6, 6.07) is 10.7. The average Bonchev–Trinajstić information content (AvgIpc) is 2.73. The zero-order chi connectivity index (χ0) is 20.9. The van der Waals surface area contributed by atoms with Crippen LogP contribution >= 0.6 is 0 Å². The third kappa shape index (κ3) is 5.59. The topological polar surface area (TPSA) is 73.8 Å². The molecule has 0 aliphatic carbocycles. The van der Waals surface area contributed by atoms with Gasteiger partial charge in [0.05, 0.1) is 11.4 Å². The Labute approximate surface area is 170 Å². The van der Waals surface area contributed by atoms with Crippen molar-refractivity contribution < 1.29 is 17.6 Å². The first-order chi connectivity index (χ1) is 13.9. The molecule has 29 heavy (non-hydrogen) atoms. The molecule has 0 N–H and O–H groups in total. The molecule has 1 aromatic carbocycles. The molecule has 3 rings (SSSR count). The molecule has 0 unspecified atom stereocenters. The van der Waals surface area contributed by atoms with E-state index in [9.17, 15) is 17.6 Å². The van der Waals surface area contributed by atoms with Crippen molar-refractivity contribution in [2.24, 2.45) is 0 Å². The zero-order valence-electron chi connectivity index (χ0n) is 16.4. The summed E-state index contributed by atoms with van der Waals surface area (Å²) in [5.41, 5.74) is 0.975. The third-order valence-corrected chi connectivity index (χ3v) is 6.80. The SMILES string of the molecule is CN(CCc1ccccn1)CC(=O)N1CCN(S(=O)(=O)c2cccc(F)c2)CC1. The fourth-order valence-electron chi connectivity index (χ4n) is 3.22. The van der Waals surface area contributed by atoms with E-state index in [0.29, 0.717) is 19.6 Å². The first-order valence-electron chi connectivity index (χ1n) is 9.48.